The van der Waals surface area contributed by atoms with E-state index >= 15 is 0 Å². The number of nitrogens with one attached hydrogen (secondary N) is 2. The quantitative estimate of drug-likeness (QED) is 0.176. The van der Waals surface area contributed by atoms with Crippen molar-refractivity contribution in [3.63, 3.8) is 0 Å². The lowest BCUT2D eigenvalue weighted by atomic mass is 10.0. The molecule has 0 atom stereocenters. The summed E-state index contributed by atoms with van der Waals surface area (Å²) in [5, 5.41) is 8.95. The standard InChI is InChI=1S/C54H41N7/c1-33-8-14-37(15-9-33)51-42-24-26-44(55-42)52(38-16-10-34(2)11-17-38)46-28-30-48(57-46)54(40-20-22-41(23-21-40)61-32-50(59-60-61)36-6-4-5-7-36)49-31-29-47(58-49)53(45-27-25-43(51)56-45)39-18-12-35(3)13-19-39/h4-32,36,55,58H,1-3H3. The number of rotatable bonds is 6. The molecule has 3 aliphatic rings. The molecule has 7 heteroatoms. The monoisotopic (exact) mass is 787 g/mol. The van der Waals surface area contributed by atoms with Crippen LogP contribution in [0.1, 0.15) is 51.1 Å². The molecule has 1 aliphatic carbocycles. The van der Waals surface area contributed by atoms with Crippen molar-refractivity contribution in [3.05, 3.63) is 197 Å². The second-order valence-electron chi connectivity index (χ2n) is 16.0. The number of hydrogen-bond donors (Lipinski definition) is 2. The van der Waals surface area contributed by atoms with E-state index in [2.05, 4.69) is 199 Å². The Balaban J connectivity index is 1.21. The van der Waals surface area contributed by atoms with Gasteiger partial charge >= 0.3 is 0 Å². The average molecular weight is 788 g/mol. The number of aromatic nitrogens is 7. The summed E-state index contributed by atoms with van der Waals surface area (Å²) in [7, 11) is 0. The first-order valence-corrected chi connectivity index (χ1v) is 20.7. The Labute approximate surface area is 353 Å². The summed E-state index contributed by atoms with van der Waals surface area (Å²) in [6.45, 7) is 6.36. The predicted octanol–water partition coefficient (Wildman–Crippen LogP) is 13.0. The predicted molar refractivity (Wildman–Crippen MR) is 251 cm³/mol. The van der Waals surface area contributed by atoms with Gasteiger partial charge in [-0.2, -0.15) is 0 Å². The third-order valence-corrected chi connectivity index (χ3v) is 11.8. The Kier molecular flexibility index (Phi) is 8.74. The number of hydrogen-bond acceptors (Lipinski definition) is 4. The van der Waals surface area contributed by atoms with E-state index < -0.39 is 0 Å². The number of fused-ring (bicyclic) bond motifs is 8. The van der Waals surface area contributed by atoms with Crippen LogP contribution in [0.2, 0.25) is 0 Å². The average Bonchev–Trinajstić information content (AvgIpc) is 4.13. The van der Waals surface area contributed by atoms with Gasteiger partial charge in [0.25, 0.3) is 0 Å². The number of benzene rings is 4. The third kappa shape index (κ3) is 6.66. The number of nitrogens with zero attached hydrogens (tertiary/aromatic N) is 5. The van der Waals surface area contributed by atoms with Crippen molar-refractivity contribution in [1.29, 1.82) is 0 Å². The van der Waals surface area contributed by atoms with Gasteiger partial charge in [-0.3, -0.25) is 0 Å². The van der Waals surface area contributed by atoms with Gasteiger partial charge in [-0.25, -0.2) is 14.6 Å². The molecule has 0 spiro atoms. The molecule has 0 saturated carbocycles. The highest BCUT2D eigenvalue weighted by Gasteiger charge is 2.20. The van der Waals surface area contributed by atoms with Crippen LogP contribution in [0.25, 0.3) is 96.6 Å². The van der Waals surface area contributed by atoms with E-state index in [0.29, 0.717) is 0 Å². The smallest absolute Gasteiger partial charge is 0.0938 e. The molecule has 292 valence electrons. The molecule has 0 saturated heterocycles. The summed E-state index contributed by atoms with van der Waals surface area (Å²) < 4.78 is 1.84. The highest BCUT2D eigenvalue weighted by atomic mass is 15.4. The highest BCUT2D eigenvalue weighted by molar-refractivity contribution is 5.99. The van der Waals surface area contributed by atoms with Crippen LogP contribution in [0.15, 0.2) is 152 Å². The van der Waals surface area contributed by atoms with Gasteiger partial charge in [0.05, 0.1) is 40.4 Å². The van der Waals surface area contributed by atoms with Crippen LogP contribution in [0, 0.1) is 20.8 Å². The molecule has 4 aromatic carbocycles. The van der Waals surface area contributed by atoms with Crippen LogP contribution in [0.3, 0.4) is 0 Å². The van der Waals surface area contributed by atoms with Crippen LogP contribution in [-0.4, -0.2) is 34.9 Å². The normalized spacial score (nSPS) is 13.2. The van der Waals surface area contributed by atoms with Crippen LogP contribution in [-0.2, 0) is 0 Å². The van der Waals surface area contributed by atoms with Crippen molar-refractivity contribution in [2.75, 3.05) is 0 Å². The lowest BCUT2D eigenvalue weighted by Crippen LogP contribution is -1.95. The fourth-order valence-corrected chi connectivity index (χ4v) is 8.55. The first-order chi connectivity index (χ1) is 29.9. The van der Waals surface area contributed by atoms with Crippen molar-refractivity contribution in [3.8, 4) is 50.2 Å². The van der Waals surface area contributed by atoms with Crippen LogP contribution < -0.4 is 0 Å². The molecular weight excluding hydrogens is 747 g/mol. The van der Waals surface area contributed by atoms with Gasteiger partial charge < -0.3 is 9.97 Å². The van der Waals surface area contributed by atoms with Crippen molar-refractivity contribution in [2.24, 2.45) is 0 Å². The Morgan fingerprint density at radius 3 is 1.13 bits per heavy atom. The van der Waals surface area contributed by atoms with Crippen molar-refractivity contribution >= 4 is 46.4 Å². The first-order valence-electron chi connectivity index (χ1n) is 20.7. The summed E-state index contributed by atoms with van der Waals surface area (Å²) in [5.41, 5.74) is 21.2. The molecule has 61 heavy (non-hydrogen) atoms. The van der Waals surface area contributed by atoms with E-state index in [9.17, 15) is 0 Å². The minimum atomic E-state index is 0.144. The molecule has 2 aliphatic heterocycles. The fraction of sp³-hybridized carbons (Fsp3) is 0.0741. The maximum Gasteiger partial charge on any atom is 0.0938 e. The van der Waals surface area contributed by atoms with E-state index in [1.54, 1.807) is 0 Å². The summed E-state index contributed by atoms with van der Waals surface area (Å²) in [6, 6.07) is 43.3. The molecule has 2 N–H and O–H groups in total. The molecule has 0 amide bonds. The topological polar surface area (TPSA) is 88.1 Å². The SMILES string of the molecule is Cc1ccc(-c2c3nc(c(-c4ccc(C)cc4)c4ccc([nH]4)c(-c4ccc(-n5cc(C6C=CC=C6)nn5)cc4)c4nc(c(-c5ccc(C)cc5)c5ccc2[nH]5)C=C4)C=C3)cc1. The second-order valence-corrected chi connectivity index (χ2v) is 16.0. The summed E-state index contributed by atoms with van der Waals surface area (Å²) in [4.78, 5) is 18.7. The minimum absolute atomic E-state index is 0.144. The van der Waals surface area contributed by atoms with E-state index in [0.717, 1.165) is 101 Å². The summed E-state index contributed by atoms with van der Waals surface area (Å²) >= 11 is 0. The van der Waals surface area contributed by atoms with Gasteiger partial charge in [0.1, 0.15) is 0 Å². The van der Waals surface area contributed by atoms with Gasteiger partial charge in [-0.05, 0) is 104 Å². The van der Waals surface area contributed by atoms with E-state index in [-0.39, 0.29) is 5.92 Å². The first kappa shape index (κ1) is 36.2. The molecule has 0 radical (unpaired) electrons. The zero-order valence-corrected chi connectivity index (χ0v) is 34.1. The molecule has 6 heterocycles. The van der Waals surface area contributed by atoms with Gasteiger partial charge in [0.2, 0.25) is 0 Å². The second kappa shape index (κ2) is 14.7. The largest absolute Gasteiger partial charge is 0.354 e. The van der Waals surface area contributed by atoms with Gasteiger partial charge in [-0.15, -0.1) is 5.10 Å². The van der Waals surface area contributed by atoms with Crippen LogP contribution >= 0.6 is 0 Å². The molecule has 0 fully saturated rings. The third-order valence-electron chi connectivity index (χ3n) is 11.8. The number of H-pyrrole nitrogens is 2. The van der Waals surface area contributed by atoms with Gasteiger partial charge in [0, 0.05) is 50.2 Å². The van der Waals surface area contributed by atoms with E-state index in [1.807, 2.05) is 23.0 Å². The van der Waals surface area contributed by atoms with E-state index in [1.165, 1.54) is 16.7 Å². The lowest BCUT2D eigenvalue weighted by molar-refractivity contribution is 0.797. The van der Waals surface area contributed by atoms with Crippen molar-refractivity contribution < 1.29 is 0 Å². The lowest BCUT2D eigenvalue weighted by Gasteiger charge is -2.08. The van der Waals surface area contributed by atoms with Crippen LogP contribution in [0.5, 0.6) is 0 Å². The number of aromatic amines is 2. The zero-order valence-electron chi connectivity index (χ0n) is 34.1. The van der Waals surface area contributed by atoms with Crippen molar-refractivity contribution in [2.45, 2.75) is 26.7 Å². The Bertz CT molecular complexity index is 3240. The summed E-state index contributed by atoms with van der Waals surface area (Å²) in [6.07, 6.45) is 18.9. The Morgan fingerprint density at radius 2 is 0.770 bits per heavy atom. The molecule has 8 bridgehead atoms. The fourth-order valence-electron chi connectivity index (χ4n) is 8.55. The Hall–Kier alpha value is -7.90. The maximum atomic E-state index is 5.48. The molecule has 7 nitrogen and oxygen atoms in total. The molecule has 4 aromatic heterocycles. The molecule has 11 rings (SSSR count). The Morgan fingerprint density at radius 1 is 0.426 bits per heavy atom. The van der Waals surface area contributed by atoms with Gasteiger partial charge in [0.15, 0.2) is 0 Å². The van der Waals surface area contributed by atoms with Gasteiger partial charge in [-0.1, -0.05) is 131 Å². The number of allylic oxidation sites excluding steroid dienone is 4. The number of aryl methyl sites for hydroxylation is 3. The highest BCUT2D eigenvalue weighted by Crippen LogP contribution is 2.39. The summed E-state index contributed by atoms with van der Waals surface area (Å²) in [5.74, 6) is 0.144. The zero-order chi connectivity index (χ0) is 41.0. The maximum absolute atomic E-state index is 5.48. The van der Waals surface area contributed by atoms with E-state index in [4.69, 9.17) is 9.97 Å². The molecular formula is C54H41N7. The molecule has 8 aromatic rings. The van der Waals surface area contributed by atoms with Crippen LogP contribution in [0.4, 0.5) is 0 Å². The molecule has 0 unspecified atom stereocenters. The minimum Gasteiger partial charge on any atom is -0.354 e. The van der Waals surface area contributed by atoms with Crippen molar-refractivity contribution in [1.82, 2.24) is 34.9 Å².